The van der Waals surface area contributed by atoms with E-state index in [0.29, 0.717) is 18.3 Å². The molecule has 3 rings (SSSR count). The molecule has 1 aliphatic rings. The van der Waals surface area contributed by atoms with E-state index in [1.54, 1.807) is 12.2 Å². The summed E-state index contributed by atoms with van der Waals surface area (Å²) in [7, 11) is 0. The summed E-state index contributed by atoms with van der Waals surface area (Å²) in [6.45, 7) is 4.05. The molecule has 0 radical (unpaired) electrons. The van der Waals surface area contributed by atoms with Gasteiger partial charge in [-0.25, -0.2) is 9.79 Å². The molecule has 0 saturated heterocycles. The maximum absolute atomic E-state index is 12.1. The van der Waals surface area contributed by atoms with Gasteiger partial charge in [0.2, 0.25) is 5.90 Å². The van der Waals surface area contributed by atoms with Crippen LogP contribution in [0, 0.1) is 3.57 Å². The Hall–Kier alpha value is -2.41. The molecule has 2 aromatic rings. The molecule has 0 bridgehead atoms. The van der Waals surface area contributed by atoms with Gasteiger partial charge in [-0.15, -0.1) is 0 Å². The van der Waals surface area contributed by atoms with Gasteiger partial charge in [0.15, 0.2) is 5.70 Å². The van der Waals surface area contributed by atoms with Crippen LogP contribution in [-0.2, 0) is 9.53 Å². The van der Waals surface area contributed by atoms with Crippen LogP contribution in [0.4, 0.5) is 0 Å². The summed E-state index contributed by atoms with van der Waals surface area (Å²) in [4.78, 5) is 16.4. The van der Waals surface area contributed by atoms with E-state index in [9.17, 15) is 4.79 Å². The fourth-order valence-electron chi connectivity index (χ4n) is 2.16. The van der Waals surface area contributed by atoms with E-state index in [2.05, 4.69) is 34.2 Å². The first-order chi connectivity index (χ1) is 11.7. The van der Waals surface area contributed by atoms with Crippen molar-refractivity contribution in [1.29, 1.82) is 0 Å². The van der Waals surface area contributed by atoms with Gasteiger partial charge in [0, 0.05) is 9.13 Å². The Bertz CT molecular complexity index is 855. The summed E-state index contributed by atoms with van der Waals surface area (Å²) < 4.78 is 11.8. The number of benzene rings is 2. The second kappa shape index (κ2) is 7.44. The number of aliphatic imine (C=N–C) groups is 1. The Labute approximate surface area is 153 Å². The smallest absolute Gasteiger partial charge is 0.363 e. The summed E-state index contributed by atoms with van der Waals surface area (Å²) >= 11 is 2.20. The van der Waals surface area contributed by atoms with Gasteiger partial charge in [-0.2, -0.15) is 0 Å². The average molecular weight is 431 g/mol. The lowest BCUT2D eigenvalue weighted by molar-refractivity contribution is -0.129. The largest absolute Gasteiger partial charge is 0.490 e. The van der Waals surface area contributed by atoms with Crippen LogP contribution in [0.3, 0.4) is 0 Å². The highest BCUT2D eigenvalue weighted by Crippen LogP contribution is 2.22. The van der Waals surface area contributed by atoms with E-state index < -0.39 is 5.97 Å². The molecule has 0 amide bonds. The molecule has 1 aliphatic heterocycles. The van der Waals surface area contributed by atoms with Gasteiger partial charge in [0.1, 0.15) is 12.4 Å². The second-order valence-corrected chi connectivity index (χ2v) is 6.26. The molecule has 0 fully saturated rings. The van der Waals surface area contributed by atoms with Crippen molar-refractivity contribution in [1.82, 2.24) is 0 Å². The number of carbonyl (C=O) groups excluding carboxylic acids is 1. The van der Waals surface area contributed by atoms with Gasteiger partial charge in [-0.3, -0.25) is 0 Å². The molecule has 4 nitrogen and oxygen atoms in total. The molecule has 0 spiro atoms. The molecule has 5 heteroatoms. The minimum absolute atomic E-state index is 0.268. The lowest BCUT2D eigenvalue weighted by Gasteiger charge is -2.03. The van der Waals surface area contributed by atoms with Gasteiger partial charge in [-0.05, 0) is 64.6 Å². The Morgan fingerprint density at radius 1 is 1.21 bits per heavy atom. The molecular weight excluding hydrogens is 417 g/mol. The van der Waals surface area contributed by atoms with Crippen molar-refractivity contribution in [2.45, 2.75) is 0 Å². The summed E-state index contributed by atoms with van der Waals surface area (Å²) in [5.74, 6) is 0.572. The third kappa shape index (κ3) is 3.91. The van der Waals surface area contributed by atoms with Gasteiger partial charge < -0.3 is 9.47 Å². The molecule has 0 atom stereocenters. The summed E-state index contributed by atoms with van der Waals surface area (Å²) in [6.07, 6.45) is 3.36. The predicted molar refractivity (Wildman–Crippen MR) is 102 cm³/mol. The molecule has 0 saturated carbocycles. The van der Waals surface area contributed by atoms with E-state index >= 15 is 0 Å². The van der Waals surface area contributed by atoms with Crippen LogP contribution < -0.4 is 4.74 Å². The summed E-state index contributed by atoms with van der Waals surface area (Å²) in [5, 5.41) is 0. The van der Waals surface area contributed by atoms with Crippen LogP contribution in [-0.4, -0.2) is 18.5 Å². The minimum atomic E-state index is -0.457. The Kier molecular flexibility index (Phi) is 5.10. The van der Waals surface area contributed by atoms with E-state index in [4.69, 9.17) is 9.47 Å². The van der Waals surface area contributed by atoms with E-state index in [1.807, 2.05) is 48.5 Å². The lowest BCUT2D eigenvalue weighted by atomic mass is 10.2. The highest BCUT2D eigenvalue weighted by Gasteiger charge is 2.24. The standard InChI is InChI=1S/C19H14INO3/c1-2-9-23-16-8-3-5-13(10-16)11-17-19(22)24-18(21-17)14-6-4-7-15(20)12-14/h2-8,10-12H,1,9H2/b17-11+. The molecule has 120 valence electrons. The average Bonchev–Trinajstić information content (AvgIpc) is 2.94. The molecule has 0 N–H and O–H groups in total. The number of carbonyl (C=O) groups is 1. The maximum atomic E-state index is 12.1. The van der Waals surface area contributed by atoms with E-state index in [-0.39, 0.29) is 5.70 Å². The number of esters is 1. The highest BCUT2D eigenvalue weighted by atomic mass is 127. The Morgan fingerprint density at radius 2 is 2.04 bits per heavy atom. The van der Waals surface area contributed by atoms with Gasteiger partial charge >= 0.3 is 5.97 Å². The Balaban J connectivity index is 1.87. The normalized spacial score (nSPS) is 15.1. The third-order valence-corrected chi connectivity index (χ3v) is 3.89. The zero-order valence-electron chi connectivity index (χ0n) is 12.7. The van der Waals surface area contributed by atoms with Crippen molar-refractivity contribution < 1.29 is 14.3 Å². The molecule has 24 heavy (non-hydrogen) atoms. The number of halogens is 1. The van der Waals surface area contributed by atoms with E-state index in [1.165, 1.54) is 0 Å². The first-order valence-electron chi connectivity index (χ1n) is 7.28. The van der Waals surface area contributed by atoms with Crippen LogP contribution >= 0.6 is 22.6 Å². The zero-order chi connectivity index (χ0) is 16.9. The fraction of sp³-hybridized carbons (Fsp3) is 0.0526. The third-order valence-electron chi connectivity index (χ3n) is 3.22. The summed E-state index contributed by atoms with van der Waals surface area (Å²) in [5.41, 5.74) is 1.86. The molecule has 0 unspecified atom stereocenters. The van der Waals surface area contributed by atoms with E-state index in [0.717, 1.165) is 14.7 Å². The zero-order valence-corrected chi connectivity index (χ0v) is 14.9. The van der Waals surface area contributed by atoms with Crippen LogP contribution in [0.15, 0.2) is 71.9 Å². The van der Waals surface area contributed by atoms with Crippen LogP contribution in [0.2, 0.25) is 0 Å². The number of ether oxygens (including phenoxy) is 2. The number of nitrogens with zero attached hydrogens (tertiary/aromatic N) is 1. The monoisotopic (exact) mass is 431 g/mol. The number of hydrogen-bond donors (Lipinski definition) is 0. The SMILES string of the molecule is C=CCOc1cccc(/C=C2/N=C(c3cccc(I)c3)OC2=O)c1. The first kappa shape index (κ1) is 16.4. The van der Waals surface area contributed by atoms with Crippen molar-refractivity contribution in [2.24, 2.45) is 4.99 Å². The van der Waals surface area contributed by atoms with Crippen molar-refractivity contribution in [3.63, 3.8) is 0 Å². The highest BCUT2D eigenvalue weighted by molar-refractivity contribution is 14.1. The summed E-state index contributed by atoms with van der Waals surface area (Å²) in [6, 6.07) is 15.1. The molecule has 0 aliphatic carbocycles. The van der Waals surface area contributed by atoms with Crippen LogP contribution in [0.25, 0.3) is 6.08 Å². The van der Waals surface area contributed by atoms with Crippen molar-refractivity contribution >= 4 is 40.5 Å². The van der Waals surface area contributed by atoms with Crippen molar-refractivity contribution in [3.05, 3.63) is 81.6 Å². The Morgan fingerprint density at radius 3 is 2.83 bits per heavy atom. The number of rotatable bonds is 5. The molecule has 0 aromatic heterocycles. The predicted octanol–water partition coefficient (Wildman–Crippen LogP) is 4.20. The maximum Gasteiger partial charge on any atom is 0.363 e. The van der Waals surface area contributed by atoms with Crippen LogP contribution in [0.5, 0.6) is 5.75 Å². The van der Waals surface area contributed by atoms with Crippen molar-refractivity contribution in [3.8, 4) is 5.75 Å². The fourth-order valence-corrected chi connectivity index (χ4v) is 2.70. The second-order valence-electron chi connectivity index (χ2n) is 5.02. The molecule has 1 heterocycles. The molecule has 2 aromatic carbocycles. The van der Waals surface area contributed by atoms with Gasteiger partial charge in [0.05, 0.1) is 0 Å². The minimum Gasteiger partial charge on any atom is -0.490 e. The number of cyclic esters (lactones) is 1. The molecular formula is C19H14INO3. The van der Waals surface area contributed by atoms with Gasteiger partial charge in [-0.1, -0.05) is 30.9 Å². The van der Waals surface area contributed by atoms with Crippen molar-refractivity contribution in [2.75, 3.05) is 6.61 Å². The van der Waals surface area contributed by atoms with Gasteiger partial charge in [0.25, 0.3) is 0 Å². The van der Waals surface area contributed by atoms with Crippen LogP contribution in [0.1, 0.15) is 11.1 Å². The lowest BCUT2D eigenvalue weighted by Crippen LogP contribution is -2.05. The first-order valence-corrected chi connectivity index (χ1v) is 8.36. The number of hydrogen-bond acceptors (Lipinski definition) is 4. The quantitative estimate of drug-likeness (QED) is 0.309. The topological polar surface area (TPSA) is 47.9 Å².